The highest BCUT2D eigenvalue weighted by Crippen LogP contribution is 2.21. The number of amides is 1. The molecular weight excluding hydrogens is 382 g/mol. The van der Waals surface area contributed by atoms with Crippen LogP contribution in [0.25, 0.3) is 5.57 Å². The number of hydrazine groups is 1. The number of anilines is 1. The molecule has 0 aliphatic rings. The van der Waals surface area contributed by atoms with Gasteiger partial charge in [0.05, 0.1) is 25.8 Å². The van der Waals surface area contributed by atoms with E-state index in [-0.39, 0.29) is 23.7 Å². The van der Waals surface area contributed by atoms with Crippen LogP contribution in [0.2, 0.25) is 0 Å². The van der Waals surface area contributed by atoms with E-state index in [9.17, 15) is 9.59 Å². The number of methoxy groups -OCH3 is 1. The van der Waals surface area contributed by atoms with Crippen LogP contribution in [0.3, 0.4) is 0 Å². The van der Waals surface area contributed by atoms with E-state index in [0.29, 0.717) is 6.54 Å². The van der Waals surface area contributed by atoms with Crippen LogP contribution in [0, 0.1) is 12.3 Å². The molecule has 1 amide bonds. The molecule has 2 aromatic rings. The molecule has 0 spiro atoms. The van der Waals surface area contributed by atoms with Gasteiger partial charge in [0.1, 0.15) is 0 Å². The number of nitrogens with two attached hydrogens (primary N) is 2. The van der Waals surface area contributed by atoms with Crippen LogP contribution in [0.15, 0.2) is 61.1 Å². The van der Waals surface area contributed by atoms with Crippen LogP contribution < -0.4 is 16.9 Å². The lowest BCUT2D eigenvalue weighted by Gasteiger charge is -2.18. The molecule has 0 aliphatic carbocycles. The molecule has 0 radical (unpaired) electrons. The lowest BCUT2D eigenvalue weighted by atomic mass is 9.96. The maximum absolute atomic E-state index is 12.7. The largest absolute Gasteiger partial charge is 0.464 e. The summed E-state index contributed by atoms with van der Waals surface area (Å²) >= 11 is 0. The highest BCUT2D eigenvalue weighted by atomic mass is 16.5. The first-order valence-corrected chi connectivity index (χ1v) is 8.96. The number of terminal acetylenes is 1. The van der Waals surface area contributed by atoms with Gasteiger partial charge < -0.3 is 20.8 Å². The minimum Gasteiger partial charge on any atom is -0.464 e. The molecule has 5 N–H and O–H groups in total. The van der Waals surface area contributed by atoms with Crippen molar-refractivity contribution in [3.05, 3.63) is 77.9 Å². The summed E-state index contributed by atoms with van der Waals surface area (Å²) in [5.74, 6) is 7.43. The Morgan fingerprint density at radius 1 is 1.30 bits per heavy atom. The Hall–Kier alpha value is -4.09. The van der Waals surface area contributed by atoms with Crippen LogP contribution in [0.5, 0.6) is 0 Å². The van der Waals surface area contributed by atoms with E-state index in [1.165, 1.54) is 30.7 Å². The number of hydrogen-bond donors (Lipinski definition) is 3. The standard InChI is InChI=1S/C22H23N5O3/c1-3-7-17(15-27(24)13-11-23)18-9-5-4-8-16(18)14-20(28)26-19-10-6-12-25-21(19)22(29)30-2/h1,4-13H,14-15,23-24H2,2H3,(H,26,28)/b13-11-,17-7-. The van der Waals surface area contributed by atoms with E-state index in [0.717, 1.165) is 16.7 Å². The number of esters is 1. The van der Waals surface area contributed by atoms with E-state index >= 15 is 0 Å². The zero-order valence-electron chi connectivity index (χ0n) is 16.5. The lowest BCUT2D eigenvalue weighted by Crippen LogP contribution is -2.27. The van der Waals surface area contributed by atoms with E-state index in [1.54, 1.807) is 18.2 Å². The lowest BCUT2D eigenvalue weighted by molar-refractivity contribution is -0.115. The minimum absolute atomic E-state index is 0.0295. The van der Waals surface area contributed by atoms with Crippen LogP contribution in [-0.4, -0.2) is 35.5 Å². The second kappa shape index (κ2) is 11.0. The van der Waals surface area contributed by atoms with E-state index in [1.807, 2.05) is 24.3 Å². The van der Waals surface area contributed by atoms with Crippen LogP contribution >= 0.6 is 0 Å². The first-order chi connectivity index (χ1) is 14.5. The van der Waals surface area contributed by atoms with Crippen LogP contribution in [-0.2, 0) is 16.0 Å². The molecule has 0 atom stereocenters. The summed E-state index contributed by atoms with van der Waals surface area (Å²) < 4.78 is 4.70. The minimum atomic E-state index is -0.637. The third kappa shape index (κ3) is 5.95. The van der Waals surface area contributed by atoms with Gasteiger partial charge in [-0.15, -0.1) is 6.42 Å². The molecule has 30 heavy (non-hydrogen) atoms. The van der Waals surface area contributed by atoms with E-state index in [4.69, 9.17) is 22.7 Å². The average molecular weight is 405 g/mol. The Morgan fingerprint density at radius 2 is 2.07 bits per heavy atom. The van der Waals surface area contributed by atoms with Crippen molar-refractivity contribution >= 4 is 23.1 Å². The fraction of sp³-hybridized carbons (Fsp3) is 0.136. The van der Waals surface area contributed by atoms with Gasteiger partial charge in [0.2, 0.25) is 5.91 Å². The molecule has 0 bridgehead atoms. The highest BCUT2D eigenvalue weighted by Gasteiger charge is 2.17. The molecule has 2 rings (SSSR count). The maximum atomic E-state index is 12.7. The Balaban J connectivity index is 2.26. The fourth-order valence-electron chi connectivity index (χ4n) is 2.79. The Labute approximate surface area is 175 Å². The third-order valence-electron chi connectivity index (χ3n) is 4.06. The number of aromatic nitrogens is 1. The molecule has 1 aromatic heterocycles. The predicted octanol–water partition coefficient (Wildman–Crippen LogP) is 1.67. The number of allylic oxidation sites excluding steroid dienone is 1. The van der Waals surface area contributed by atoms with Gasteiger partial charge in [-0.3, -0.25) is 4.79 Å². The molecule has 1 aromatic carbocycles. The van der Waals surface area contributed by atoms with Crippen LogP contribution in [0.1, 0.15) is 21.6 Å². The number of hydrogen-bond acceptors (Lipinski definition) is 7. The number of pyridine rings is 1. The van der Waals surface area contributed by atoms with Gasteiger partial charge >= 0.3 is 5.97 Å². The second-order valence-corrected chi connectivity index (χ2v) is 6.12. The van der Waals surface area contributed by atoms with Crippen molar-refractivity contribution in [2.45, 2.75) is 6.42 Å². The molecule has 0 saturated carbocycles. The normalized spacial score (nSPS) is 11.0. The molecule has 8 nitrogen and oxygen atoms in total. The smallest absolute Gasteiger partial charge is 0.358 e. The fourth-order valence-corrected chi connectivity index (χ4v) is 2.79. The zero-order valence-corrected chi connectivity index (χ0v) is 16.5. The van der Waals surface area contributed by atoms with Crippen molar-refractivity contribution in [1.29, 1.82) is 0 Å². The average Bonchev–Trinajstić information content (AvgIpc) is 2.74. The van der Waals surface area contributed by atoms with Crippen molar-refractivity contribution < 1.29 is 14.3 Å². The summed E-state index contributed by atoms with van der Waals surface area (Å²) in [7, 11) is 1.25. The molecule has 0 fully saturated rings. The summed E-state index contributed by atoms with van der Waals surface area (Å²) in [6.07, 6.45) is 11.4. The Bertz CT molecular complexity index is 1010. The summed E-state index contributed by atoms with van der Waals surface area (Å²) in [6, 6.07) is 10.5. The molecule has 1 heterocycles. The number of benzene rings is 1. The van der Waals surface area contributed by atoms with E-state index < -0.39 is 5.97 Å². The number of nitrogens with zero attached hydrogens (tertiary/aromatic N) is 2. The van der Waals surface area contributed by atoms with Gasteiger partial charge in [-0.25, -0.2) is 15.6 Å². The molecule has 0 saturated heterocycles. The second-order valence-electron chi connectivity index (χ2n) is 6.12. The molecular formula is C22H23N5O3. The van der Waals surface area contributed by atoms with E-state index in [2.05, 4.69) is 16.2 Å². The Morgan fingerprint density at radius 3 is 2.77 bits per heavy atom. The van der Waals surface area contributed by atoms with Gasteiger partial charge in [0.25, 0.3) is 0 Å². The zero-order chi connectivity index (χ0) is 21.9. The van der Waals surface area contributed by atoms with Gasteiger partial charge in [0, 0.05) is 18.6 Å². The molecule has 0 aliphatic heterocycles. The van der Waals surface area contributed by atoms with Crippen molar-refractivity contribution in [2.24, 2.45) is 11.6 Å². The first kappa shape index (κ1) is 22.2. The highest BCUT2D eigenvalue weighted by molar-refractivity contribution is 6.00. The summed E-state index contributed by atoms with van der Waals surface area (Å²) in [6.45, 7) is 0.297. The summed E-state index contributed by atoms with van der Waals surface area (Å²) in [5.41, 5.74) is 7.95. The maximum Gasteiger partial charge on any atom is 0.358 e. The predicted molar refractivity (Wildman–Crippen MR) is 115 cm³/mol. The van der Waals surface area contributed by atoms with Gasteiger partial charge in [-0.2, -0.15) is 0 Å². The van der Waals surface area contributed by atoms with Crippen LogP contribution in [0.4, 0.5) is 5.69 Å². The molecule has 8 heteroatoms. The number of rotatable bonds is 8. The third-order valence-corrected chi connectivity index (χ3v) is 4.06. The number of carbonyl (C=O) groups is 2. The van der Waals surface area contributed by atoms with Crippen molar-refractivity contribution in [2.75, 3.05) is 19.0 Å². The summed E-state index contributed by atoms with van der Waals surface area (Å²) in [5, 5.41) is 4.10. The van der Waals surface area contributed by atoms with Gasteiger partial charge in [0.15, 0.2) is 5.69 Å². The molecule has 154 valence electrons. The number of carbonyl (C=O) groups excluding carboxylic acids is 2. The number of nitrogens with one attached hydrogen (secondary N) is 1. The number of ether oxygens (including phenoxy) is 1. The van der Waals surface area contributed by atoms with Gasteiger partial charge in [-0.1, -0.05) is 30.2 Å². The van der Waals surface area contributed by atoms with Crippen molar-refractivity contribution in [3.8, 4) is 12.3 Å². The SMILES string of the molecule is C#C/C=C(/CN(N)/C=C\N)c1ccccc1CC(=O)Nc1cccnc1C(=O)OC. The van der Waals surface area contributed by atoms with Gasteiger partial charge in [-0.05, 0) is 34.9 Å². The Kier molecular flexibility index (Phi) is 8.17. The van der Waals surface area contributed by atoms with Crippen molar-refractivity contribution in [1.82, 2.24) is 9.99 Å². The first-order valence-electron chi connectivity index (χ1n) is 8.96. The quantitative estimate of drug-likeness (QED) is 0.264. The molecule has 0 unspecified atom stereocenters. The summed E-state index contributed by atoms with van der Waals surface area (Å²) in [4.78, 5) is 28.5. The van der Waals surface area contributed by atoms with Crippen molar-refractivity contribution in [3.63, 3.8) is 0 Å². The topological polar surface area (TPSA) is 124 Å². The monoisotopic (exact) mass is 405 g/mol.